The molecule has 0 spiro atoms. The van der Waals surface area contributed by atoms with E-state index in [1.165, 1.54) is 0 Å². The Morgan fingerprint density at radius 1 is 1.10 bits per heavy atom. The number of aryl methyl sites for hydroxylation is 2. The molecular formula is C28H31F3N6O5. The van der Waals surface area contributed by atoms with Gasteiger partial charge in [-0.3, -0.25) is 9.48 Å². The van der Waals surface area contributed by atoms with E-state index in [9.17, 15) is 18.0 Å². The number of methoxy groups -OCH3 is 1. The van der Waals surface area contributed by atoms with Gasteiger partial charge in [0.2, 0.25) is 0 Å². The largest absolute Gasteiger partial charge is 0.496 e. The van der Waals surface area contributed by atoms with Gasteiger partial charge in [-0.2, -0.15) is 18.3 Å². The van der Waals surface area contributed by atoms with Gasteiger partial charge in [-0.15, -0.1) is 0 Å². The zero-order chi connectivity index (χ0) is 31.2. The summed E-state index contributed by atoms with van der Waals surface area (Å²) in [5.74, 6) is -0.468. The summed E-state index contributed by atoms with van der Waals surface area (Å²) >= 11 is 0. The van der Waals surface area contributed by atoms with Crippen LogP contribution in [0.15, 0.2) is 48.8 Å². The van der Waals surface area contributed by atoms with Gasteiger partial charge >= 0.3 is 12.1 Å². The number of aromatic nitrogens is 4. The Hall–Kier alpha value is -4.88. The summed E-state index contributed by atoms with van der Waals surface area (Å²) in [6.45, 7) is 7.68. The molecule has 0 saturated carbocycles. The van der Waals surface area contributed by atoms with Crippen LogP contribution < -0.4 is 20.1 Å². The van der Waals surface area contributed by atoms with E-state index in [1.807, 2.05) is 71.3 Å². The van der Waals surface area contributed by atoms with Gasteiger partial charge in [0.1, 0.15) is 17.3 Å². The number of aliphatic carboxylic acids is 1. The second-order valence-electron chi connectivity index (χ2n) is 10.2. The summed E-state index contributed by atoms with van der Waals surface area (Å²) in [6.07, 6.45) is -1.48. The third-order valence-electron chi connectivity index (χ3n) is 5.40. The number of carbonyl (C=O) groups excluding carboxylic acids is 1. The zero-order valence-corrected chi connectivity index (χ0v) is 23.8. The molecule has 11 nitrogen and oxygen atoms in total. The zero-order valence-electron chi connectivity index (χ0n) is 23.8. The predicted molar refractivity (Wildman–Crippen MR) is 150 cm³/mol. The smallest absolute Gasteiger partial charge is 0.490 e. The molecule has 1 amide bonds. The number of nitrogens with one attached hydrogen (secondary N) is 2. The third kappa shape index (κ3) is 8.81. The second-order valence-corrected chi connectivity index (χ2v) is 10.2. The Balaban J connectivity index is 0.000000616. The van der Waals surface area contributed by atoms with Crippen molar-refractivity contribution in [1.82, 2.24) is 25.1 Å². The average molecular weight is 589 g/mol. The molecule has 0 aliphatic heterocycles. The van der Waals surface area contributed by atoms with Crippen molar-refractivity contribution in [3.05, 3.63) is 54.4 Å². The topological polar surface area (TPSA) is 140 Å². The molecule has 0 bridgehead atoms. The van der Waals surface area contributed by atoms with Crippen LogP contribution in [0.2, 0.25) is 0 Å². The molecule has 0 radical (unpaired) electrons. The fourth-order valence-corrected chi connectivity index (χ4v) is 3.66. The maximum atomic E-state index is 12.2. The number of carbonyl (C=O) groups is 2. The number of alkyl halides is 3. The fourth-order valence-electron chi connectivity index (χ4n) is 3.66. The van der Waals surface area contributed by atoms with Crippen LogP contribution in [0.1, 0.15) is 26.3 Å². The number of amides is 1. The van der Waals surface area contributed by atoms with Gasteiger partial charge in [0.05, 0.1) is 24.5 Å². The van der Waals surface area contributed by atoms with Crippen molar-refractivity contribution in [3.8, 4) is 22.9 Å². The molecule has 2 aromatic heterocycles. The molecule has 0 atom stereocenters. The van der Waals surface area contributed by atoms with E-state index in [0.29, 0.717) is 17.4 Å². The highest BCUT2D eigenvalue weighted by Gasteiger charge is 2.38. The predicted octanol–water partition coefficient (Wildman–Crippen LogP) is 5.02. The van der Waals surface area contributed by atoms with E-state index in [-0.39, 0.29) is 18.1 Å². The Kier molecular flexibility index (Phi) is 9.60. The number of hydrogen-bond donors (Lipinski definition) is 3. The Labute approximate surface area is 239 Å². The Bertz CT molecular complexity index is 1580. The summed E-state index contributed by atoms with van der Waals surface area (Å²) in [6, 6.07) is 11.3. The van der Waals surface area contributed by atoms with E-state index in [1.54, 1.807) is 24.1 Å². The maximum Gasteiger partial charge on any atom is 0.490 e. The standard InChI is InChI=1S/C26H30N6O3.C2HF3O2/c1-16-10-21-20(12-22(16)34-6)25(28-18-13-27-32(5)14-18)30-24(29-21)17-8-7-9-19(11-17)35-15-23(33)31-26(2,3)4;3-2(4,5)1(6)7/h7-14H,15H2,1-6H3,(H,31,33)(H,28,29,30);(H,6,7). The normalized spacial score (nSPS) is 11.4. The van der Waals surface area contributed by atoms with Gasteiger partial charge in [-0.05, 0) is 57.5 Å². The first-order chi connectivity index (χ1) is 19.6. The minimum atomic E-state index is -5.08. The molecule has 4 aromatic rings. The van der Waals surface area contributed by atoms with E-state index in [2.05, 4.69) is 15.7 Å². The lowest BCUT2D eigenvalue weighted by Crippen LogP contribution is -2.43. The molecule has 0 fully saturated rings. The summed E-state index contributed by atoms with van der Waals surface area (Å²) < 4.78 is 44.7. The van der Waals surface area contributed by atoms with E-state index >= 15 is 0 Å². The quantitative estimate of drug-likeness (QED) is 0.272. The average Bonchev–Trinajstić information content (AvgIpc) is 3.30. The molecule has 2 aromatic carbocycles. The van der Waals surface area contributed by atoms with E-state index < -0.39 is 12.1 Å². The number of nitrogens with zero attached hydrogens (tertiary/aromatic N) is 4. The Morgan fingerprint density at radius 3 is 2.36 bits per heavy atom. The van der Waals surface area contributed by atoms with Gasteiger partial charge in [0, 0.05) is 29.7 Å². The molecule has 0 saturated heterocycles. The Morgan fingerprint density at radius 2 is 1.79 bits per heavy atom. The first-order valence-electron chi connectivity index (χ1n) is 12.5. The van der Waals surface area contributed by atoms with Crippen molar-refractivity contribution in [2.75, 3.05) is 19.0 Å². The molecule has 0 aliphatic carbocycles. The summed E-state index contributed by atoms with van der Waals surface area (Å²) in [5, 5.41) is 18.4. The number of rotatable bonds is 7. The highest BCUT2D eigenvalue weighted by molar-refractivity contribution is 5.94. The molecule has 42 heavy (non-hydrogen) atoms. The number of benzene rings is 2. The van der Waals surface area contributed by atoms with Crippen LogP contribution >= 0.6 is 0 Å². The van der Waals surface area contributed by atoms with Crippen LogP contribution in [0.5, 0.6) is 11.5 Å². The van der Waals surface area contributed by atoms with Crippen LogP contribution in [-0.4, -0.2) is 62.2 Å². The molecule has 0 unspecified atom stereocenters. The lowest BCUT2D eigenvalue weighted by atomic mass is 10.1. The van der Waals surface area contributed by atoms with Crippen LogP contribution in [-0.2, 0) is 16.6 Å². The fraction of sp³-hybridized carbons (Fsp3) is 0.321. The highest BCUT2D eigenvalue weighted by Crippen LogP contribution is 2.32. The number of ether oxygens (including phenoxy) is 2. The van der Waals surface area contributed by atoms with Gasteiger partial charge in [0.25, 0.3) is 5.91 Å². The third-order valence-corrected chi connectivity index (χ3v) is 5.40. The van der Waals surface area contributed by atoms with Crippen LogP contribution in [0, 0.1) is 6.92 Å². The SMILES string of the molecule is COc1cc2c(Nc3cnn(C)c3)nc(-c3cccc(OCC(=O)NC(C)(C)C)c3)nc2cc1C.O=C(O)C(F)(F)F. The van der Waals surface area contributed by atoms with Crippen LogP contribution in [0.25, 0.3) is 22.3 Å². The summed E-state index contributed by atoms with van der Waals surface area (Å²) in [4.78, 5) is 30.7. The number of fused-ring (bicyclic) bond motifs is 1. The molecule has 3 N–H and O–H groups in total. The molecule has 2 heterocycles. The maximum absolute atomic E-state index is 12.2. The summed E-state index contributed by atoms with van der Waals surface area (Å²) in [7, 11) is 3.50. The van der Waals surface area contributed by atoms with Crippen molar-refractivity contribution in [2.45, 2.75) is 39.4 Å². The number of carboxylic acids is 1. The summed E-state index contributed by atoms with van der Waals surface area (Å²) in [5.41, 5.74) is 3.00. The lowest BCUT2D eigenvalue weighted by Gasteiger charge is -2.20. The van der Waals surface area contributed by atoms with Gasteiger partial charge in [0.15, 0.2) is 12.4 Å². The van der Waals surface area contributed by atoms with Crippen LogP contribution in [0.4, 0.5) is 24.7 Å². The first-order valence-corrected chi connectivity index (χ1v) is 12.5. The molecule has 4 rings (SSSR count). The van der Waals surface area contributed by atoms with Crippen molar-refractivity contribution < 1.29 is 37.3 Å². The number of anilines is 2. The van der Waals surface area contributed by atoms with Crippen molar-refractivity contribution in [2.24, 2.45) is 7.05 Å². The van der Waals surface area contributed by atoms with Crippen molar-refractivity contribution in [1.29, 1.82) is 0 Å². The number of halogens is 3. The van der Waals surface area contributed by atoms with Crippen molar-refractivity contribution in [3.63, 3.8) is 0 Å². The lowest BCUT2D eigenvalue weighted by molar-refractivity contribution is -0.192. The van der Waals surface area contributed by atoms with Crippen LogP contribution in [0.3, 0.4) is 0 Å². The highest BCUT2D eigenvalue weighted by atomic mass is 19.4. The molecular weight excluding hydrogens is 557 g/mol. The van der Waals surface area contributed by atoms with Crippen molar-refractivity contribution >= 4 is 34.3 Å². The van der Waals surface area contributed by atoms with E-state index in [4.69, 9.17) is 29.3 Å². The minimum Gasteiger partial charge on any atom is -0.496 e. The second kappa shape index (κ2) is 12.7. The number of carboxylic acid groups (broad SMARTS) is 1. The molecule has 224 valence electrons. The number of hydrogen-bond acceptors (Lipinski definition) is 8. The first kappa shape index (κ1) is 31.6. The van der Waals surface area contributed by atoms with E-state index in [0.717, 1.165) is 33.5 Å². The van der Waals surface area contributed by atoms with Gasteiger partial charge < -0.3 is 25.2 Å². The minimum absolute atomic E-state index is 0.0773. The van der Waals surface area contributed by atoms with Gasteiger partial charge in [-0.1, -0.05) is 12.1 Å². The monoisotopic (exact) mass is 588 g/mol. The molecule has 0 aliphatic rings. The molecule has 14 heteroatoms. The van der Waals surface area contributed by atoms with Gasteiger partial charge in [-0.25, -0.2) is 14.8 Å².